The summed E-state index contributed by atoms with van der Waals surface area (Å²) < 4.78 is 0. The number of aliphatic hydroxyl groups is 1. The predicted octanol–water partition coefficient (Wildman–Crippen LogP) is 6.84. The number of hydrogen-bond donors (Lipinski definition) is 3. The van der Waals surface area contributed by atoms with E-state index in [9.17, 15) is 14.7 Å². The molecule has 1 aromatic rings. The van der Waals surface area contributed by atoms with E-state index in [1.807, 2.05) is 13.8 Å². The fraction of sp³-hybridized carbons (Fsp3) is 0.710. The van der Waals surface area contributed by atoms with Crippen LogP contribution in [0.4, 0.5) is 0 Å². The van der Waals surface area contributed by atoms with Crippen molar-refractivity contribution in [3.63, 3.8) is 0 Å². The number of nitrogens with one attached hydrogen (secondary N) is 1. The molecule has 1 saturated carbocycles. The molecule has 3 N–H and O–H groups in total. The Morgan fingerprint density at radius 2 is 1.45 bits per heavy atom. The van der Waals surface area contributed by atoms with Crippen molar-refractivity contribution >= 4 is 18.7 Å². The molecule has 0 heterocycles. The van der Waals surface area contributed by atoms with Crippen molar-refractivity contribution in [3.8, 4) is 0 Å². The van der Waals surface area contributed by atoms with E-state index in [0.29, 0.717) is 40.1 Å². The van der Waals surface area contributed by atoms with Crippen LogP contribution >= 0.6 is 0 Å². The van der Waals surface area contributed by atoms with Crippen LogP contribution < -0.4 is 5.32 Å². The van der Waals surface area contributed by atoms with Gasteiger partial charge in [-0.3, -0.25) is 9.59 Å². The maximum atomic E-state index is 10.6. The number of rotatable bonds is 5. The average molecular weight is 539 g/mol. The molecule has 1 aromatic carbocycles. The zero-order valence-corrected chi connectivity index (χ0v) is 26.7. The lowest BCUT2D eigenvalue weighted by atomic mass is 9.63. The number of aromatic carboxylic acids is 1. The minimum absolute atomic E-state index is 0.0616. The summed E-state index contributed by atoms with van der Waals surface area (Å²) in [6, 6.07) is 4.80. The highest BCUT2D eigenvalue weighted by Gasteiger charge is 2.38. The Morgan fingerprint density at radius 1 is 1.05 bits per heavy atom. The number of benzene rings is 1. The summed E-state index contributed by atoms with van der Waals surface area (Å²) >= 11 is 0. The molecule has 1 aliphatic carbocycles. The molecule has 7 nitrogen and oxygen atoms in total. The molecule has 1 unspecified atom stereocenters. The first kappa shape index (κ1) is 40.2. The molecule has 0 radical (unpaired) electrons. The molecule has 222 valence electrons. The van der Waals surface area contributed by atoms with Crippen molar-refractivity contribution in [2.24, 2.45) is 16.2 Å². The zero-order valence-electron chi connectivity index (χ0n) is 26.7. The van der Waals surface area contributed by atoms with Crippen LogP contribution in [-0.4, -0.2) is 61.0 Å². The monoisotopic (exact) mass is 538 g/mol. The Morgan fingerprint density at radius 3 is 1.71 bits per heavy atom. The normalized spacial score (nSPS) is 16.3. The molecule has 0 bridgehead atoms. The van der Waals surface area contributed by atoms with E-state index in [4.69, 9.17) is 9.90 Å². The van der Waals surface area contributed by atoms with Gasteiger partial charge in [0.05, 0.1) is 11.7 Å². The fourth-order valence-electron chi connectivity index (χ4n) is 4.33. The lowest BCUT2D eigenvalue weighted by Gasteiger charge is -2.47. The Hall–Kier alpha value is -2.25. The Balaban J connectivity index is -0.000000469. The number of aldehydes is 1. The summed E-state index contributed by atoms with van der Waals surface area (Å²) in [6.45, 7) is 23.9. The highest BCUT2D eigenvalue weighted by Crippen LogP contribution is 2.46. The number of aliphatic hydroxyl groups excluding tert-OH is 1. The van der Waals surface area contributed by atoms with E-state index < -0.39 is 12.1 Å². The molecular formula is C31H58N2O5. The van der Waals surface area contributed by atoms with Crippen molar-refractivity contribution in [2.45, 2.75) is 108 Å². The molecule has 0 spiro atoms. The number of hydrogen-bond acceptors (Lipinski definition) is 5. The van der Waals surface area contributed by atoms with Gasteiger partial charge in [-0.15, -0.1) is 0 Å². The molecule has 0 saturated heterocycles. The van der Waals surface area contributed by atoms with E-state index in [2.05, 4.69) is 79.7 Å². The predicted molar refractivity (Wildman–Crippen MR) is 160 cm³/mol. The van der Waals surface area contributed by atoms with Gasteiger partial charge in [0.2, 0.25) is 6.41 Å². The van der Waals surface area contributed by atoms with Gasteiger partial charge in [-0.1, -0.05) is 75.3 Å². The van der Waals surface area contributed by atoms with Gasteiger partial charge in [-0.05, 0) is 74.2 Å². The molecular weight excluding hydrogens is 480 g/mol. The minimum Gasteiger partial charge on any atom is -0.478 e. The maximum absolute atomic E-state index is 10.6. The summed E-state index contributed by atoms with van der Waals surface area (Å²) in [5.41, 5.74) is 2.25. The second kappa shape index (κ2) is 18.9. The molecule has 1 aliphatic rings. The van der Waals surface area contributed by atoms with E-state index in [1.54, 1.807) is 7.05 Å². The van der Waals surface area contributed by atoms with Crippen molar-refractivity contribution in [1.29, 1.82) is 0 Å². The highest BCUT2D eigenvalue weighted by atomic mass is 16.4. The number of carboxylic acid groups (broad SMARTS) is 1. The first-order valence-corrected chi connectivity index (χ1v) is 13.5. The standard InChI is InChI=1S/C12H25N.C10H10O4.C5H12.C2H5NO.C2H6/c1-11(2)7-10(13(5)6)8-12(3,4)9-11;1-6(12)9-4-7(10(13)14)2-3-8(9)5-11;1-5(2,3)4;1-3-2-4;1-2/h10H,7-9H2,1-6H3;2-6,12H,1H3,(H,13,14);1-4H3;2H,1H3,(H,3,4);1-2H3. The zero-order chi connectivity index (χ0) is 30.9. The number of carbonyl (C=O) groups is 3. The quantitative estimate of drug-likeness (QED) is 0.354. The topological polar surface area (TPSA) is 107 Å². The van der Waals surface area contributed by atoms with Crippen molar-refractivity contribution in [2.75, 3.05) is 21.1 Å². The first-order chi connectivity index (χ1) is 17.2. The van der Waals surface area contributed by atoms with Crippen molar-refractivity contribution in [1.82, 2.24) is 10.2 Å². The average Bonchev–Trinajstić information content (AvgIpc) is 2.77. The third kappa shape index (κ3) is 20.8. The Kier molecular flexibility index (Phi) is 20.0. The molecule has 1 atom stereocenters. The molecule has 0 aliphatic heterocycles. The third-order valence-electron chi connectivity index (χ3n) is 5.29. The second-order valence-corrected chi connectivity index (χ2v) is 12.9. The third-order valence-corrected chi connectivity index (χ3v) is 5.29. The van der Waals surface area contributed by atoms with Crippen LogP contribution in [0.25, 0.3) is 0 Å². The molecule has 7 heteroatoms. The first-order valence-electron chi connectivity index (χ1n) is 13.5. The molecule has 1 fully saturated rings. The van der Waals surface area contributed by atoms with Crippen LogP contribution in [0, 0.1) is 16.2 Å². The number of carboxylic acids is 1. The summed E-state index contributed by atoms with van der Waals surface area (Å²) in [4.78, 5) is 32.6. The van der Waals surface area contributed by atoms with Crippen LogP contribution in [-0.2, 0) is 4.79 Å². The van der Waals surface area contributed by atoms with Gasteiger partial charge in [0.15, 0.2) is 0 Å². The number of carbonyl (C=O) groups excluding carboxylic acids is 2. The van der Waals surface area contributed by atoms with Crippen molar-refractivity contribution < 1.29 is 24.6 Å². The summed E-state index contributed by atoms with van der Waals surface area (Å²) in [5.74, 6) is -1.08. The largest absolute Gasteiger partial charge is 0.478 e. The van der Waals surface area contributed by atoms with Crippen molar-refractivity contribution in [3.05, 3.63) is 34.9 Å². The van der Waals surface area contributed by atoms with Gasteiger partial charge in [0.25, 0.3) is 0 Å². The minimum atomic E-state index is -1.08. The molecule has 2 rings (SSSR count). The number of amides is 1. The second-order valence-electron chi connectivity index (χ2n) is 12.9. The van der Waals surface area contributed by atoms with E-state index in [1.165, 1.54) is 44.4 Å². The van der Waals surface area contributed by atoms with Gasteiger partial charge >= 0.3 is 5.97 Å². The fourth-order valence-corrected chi connectivity index (χ4v) is 4.33. The smallest absolute Gasteiger partial charge is 0.335 e. The molecule has 1 amide bonds. The Labute approximate surface area is 233 Å². The van der Waals surface area contributed by atoms with Gasteiger partial charge < -0.3 is 20.4 Å². The van der Waals surface area contributed by atoms with Crippen LogP contribution in [0.3, 0.4) is 0 Å². The van der Waals surface area contributed by atoms with Crippen LogP contribution in [0.15, 0.2) is 18.2 Å². The Bertz CT molecular complexity index is 787. The van der Waals surface area contributed by atoms with E-state index >= 15 is 0 Å². The van der Waals surface area contributed by atoms with E-state index in [-0.39, 0.29) is 5.56 Å². The number of nitrogens with zero attached hydrogens (tertiary/aromatic N) is 1. The molecule has 38 heavy (non-hydrogen) atoms. The van der Waals surface area contributed by atoms with Gasteiger partial charge in [-0.25, -0.2) is 4.79 Å². The summed E-state index contributed by atoms with van der Waals surface area (Å²) in [7, 11) is 5.98. The highest BCUT2D eigenvalue weighted by molar-refractivity contribution is 5.89. The van der Waals surface area contributed by atoms with Gasteiger partial charge in [0, 0.05) is 18.7 Å². The molecule has 0 aromatic heterocycles. The lowest BCUT2D eigenvalue weighted by molar-refractivity contribution is -0.109. The maximum Gasteiger partial charge on any atom is 0.335 e. The van der Waals surface area contributed by atoms with Gasteiger partial charge in [0.1, 0.15) is 6.29 Å². The lowest BCUT2D eigenvalue weighted by Crippen LogP contribution is -2.43. The van der Waals surface area contributed by atoms with Crippen LogP contribution in [0.5, 0.6) is 0 Å². The van der Waals surface area contributed by atoms with E-state index in [0.717, 1.165) is 6.04 Å². The van der Waals surface area contributed by atoms with Gasteiger partial charge in [-0.2, -0.15) is 0 Å². The SMILES string of the molecule is CC.CC(C)(C)C.CC(O)c1cc(C(=O)O)ccc1C=O.CN(C)C1CC(C)(C)CC(C)(C)C1.CNC=O. The van der Waals surface area contributed by atoms with Crippen LogP contribution in [0.1, 0.15) is 128 Å². The summed E-state index contributed by atoms with van der Waals surface area (Å²) in [5, 5.41) is 20.2. The van der Waals surface area contributed by atoms with Crippen LogP contribution in [0.2, 0.25) is 0 Å². The summed E-state index contributed by atoms with van der Waals surface area (Å²) in [6.07, 6.45) is 4.43.